The molecule has 1 heterocycles. The molecule has 1 saturated carbocycles. The number of rotatable bonds is 5. The fourth-order valence-electron chi connectivity index (χ4n) is 6.59. The van der Waals surface area contributed by atoms with E-state index in [9.17, 15) is 13.2 Å². The van der Waals surface area contributed by atoms with E-state index in [1.54, 1.807) is 6.33 Å². The number of nitrogens with two attached hydrogens (primary N) is 1. The van der Waals surface area contributed by atoms with E-state index in [4.69, 9.17) is 5.14 Å². The van der Waals surface area contributed by atoms with Crippen LogP contribution in [0.2, 0.25) is 0 Å². The summed E-state index contributed by atoms with van der Waals surface area (Å²) in [5, 5.41) is 7.67. The fraction of sp³-hybridized carbons (Fsp3) is 0.480. The Morgan fingerprint density at radius 1 is 1.24 bits per heavy atom. The maximum Gasteiger partial charge on any atom is 0.251 e. The molecule has 0 saturated heterocycles. The molecule has 3 aliphatic rings. The highest BCUT2D eigenvalue weighted by atomic mass is 32.2. The van der Waals surface area contributed by atoms with Gasteiger partial charge in [0.25, 0.3) is 5.91 Å². The summed E-state index contributed by atoms with van der Waals surface area (Å²) in [4.78, 5) is 21.0. The van der Waals surface area contributed by atoms with Crippen LogP contribution in [0.3, 0.4) is 0 Å². The highest BCUT2D eigenvalue weighted by Crippen LogP contribution is 2.62. The Bertz CT molecular complexity index is 1210. The summed E-state index contributed by atoms with van der Waals surface area (Å²) in [7, 11) is -3.59. The molecule has 0 radical (unpaired) electrons. The van der Waals surface area contributed by atoms with Gasteiger partial charge in [-0.3, -0.25) is 4.79 Å². The van der Waals surface area contributed by atoms with Crippen molar-refractivity contribution in [1.29, 1.82) is 0 Å². The Morgan fingerprint density at radius 2 is 2.03 bits per heavy atom. The molecule has 1 aromatic heterocycles. The first-order chi connectivity index (χ1) is 15.8. The SMILES string of the molecule is C[C@]12CC[C@@H]3c4ccc(C(=O)NCCS(N)(=O)=O)cc4CC[C@H]3[C@@H]1CC=C2c1cncnc1. The maximum absolute atomic E-state index is 12.5. The number of fused-ring (bicyclic) bond motifs is 5. The number of nitrogens with zero attached hydrogens (tertiary/aromatic N) is 2. The van der Waals surface area contributed by atoms with Gasteiger partial charge in [-0.1, -0.05) is 19.1 Å². The van der Waals surface area contributed by atoms with Crippen LogP contribution < -0.4 is 10.5 Å². The third-order valence-electron chi connectivity index (χ3n) is 8.11. The van der Waals surface area contributed by atoms with Gasteiger partial charge in [0.05, 0.1) is 5.75 Å². The predicted molar refractivity (Wildman–Crippen MR) is 127 cm³/mol. The van der Waals surface area contributed by atoms with Crippen LogP contribution in [0.15, 0.2) is 43.0 Å². The van der Waals surface area contributed by atoms with Crippen LogP contribution in [0.5, 0.6) is 0 Å². The Balaban J connectivity index is 1.33. The van der Waals surface area contributed by atoms with Crippen molar-refractivity contribution in [3.05, 3.63) is 65.2 Å². The Kier molecular flexibility index (Phi) is 5.61. The van der Waals surface area contributed by atoms with E-state index in [2.05, 4.69) is 34.4 Å². The van der Waals surface area contributed by atoms with Gasteiger partial charge in [-0.05, 0) is 84.1 Å². The van der Waals surface area contributed by atoms with Crippen molar-refractivity contribution in [2.24, 2.45) is 22.4 Å². The molecule has 1 fully saturated rings. The lowest BCUT2D eigenvalue weighted by Crippen LogP contribution is -2.41. The van der Waals surface area contributed by atoms with Crippen molar-refractivity contribution >= 4 is 21.5 Å². The van der Waals surface area contributed by atoms with Gasteiger partial charge in [0.2, 0.25) is 10.0 Å². The van der Waals surface area contributed by atoms with Crippen LogP contribution in [-0.2, 0) is 16.4 Å². The van der Waals surface area contributed by atoms with Gasteiger partial charge in [-0.15, -0.1) is 0 Å². The van der Waals surface area contributed by atoms with Gasteiger partial charge in [0.15, 0.2) is 0 Å². The summed E-state index contributed by atoms with van der Waals surface area (Å²) in [6.45, 7) is 2.44. The monoisotopic (exact) mass is 466 g/mol. The lowest BCUT2D eigenvalue weighted by Gasteiger charge is -2.50. The summed E-state index contributed by atoms with van der Waals surface area (Å²) in [5.41, 5.74) is 5.93. The third-order valence-corrected chi connectivity index (χ3v) is 8.89. The lowest BCUT2D eigenvalue weighted by atomic mass is 9.54. The van der Waals surface area contributed by atoms with Crippen LogP contribution in [0.1, 0.15) is 65.6 Å². The van der Waals surface area contributed by atoms with Gasteiger partial charge >= 0.3 is 0 Å². The van der Waals surface area contributed by atoms with E-state index < -0.39 is 10.0 Å². The van der Waals surface area contributed by atoms with Crippen LogP contribution in [0.4, 0.5) is 0 Å². The highest BCUT2D eigenvalue weighted by molar-refractivity contribution is 7.89. The molecule has 8 heteroatoms. The summed E-state index contributed by atoms with van der Waals surface area (Å²) < 4.78 is 22.2. The molecule has 0 aliphatic heterocycles. The van der Waals surface area contributed by atoms with Crippen molar-refractivity contribution in [3.8, 4) is 0 Å². The van der Waals surface area contributed by atoms with Crippen molar-refractivity contribution < 1.29 is 13.2 Å². The number of sulfonamides is 1. The molecule has 3 aliphatic carbocycles. The molecule has 7 nitrogen and oxygen atoms in total. The first kappa shape index (κ1) is 22.2. The van der Waals surface area contributed by atoms with Crippen LogP contribution in [0.25, 0.3) is 5.57 Å². The van der Waals surface area contributed by atoms with Gasteiger partial charge < -0.3 is 5.32 Å². The zero-order valence-electron chi connectivity index (χ0n) is 18.8. The zero-order chi connectivity index (χ0) is 23.2. The van der Waals surface area contributed by atoms with Crippen LogP contribution >= 0.6 is 0 Å². The van der Waals surface area contributed by atoms with Gasteiger partial charge in [-0.2, -0.15) is 0 Å². The Labute approximate surface area is 195 Å². The van der Waals surface area contributed by atoms with E-state index in [-0.39, 0.29) is 23.6 Å². The topological polar surface area (TPSA) is 115 Å². The van der Waals surface area contributed by atoms with Crippen molar-refractivity contribution in [2.75, 3.05) is 12.3 Å². The van der Waals surface area contributed by atoms with Crippen molar-refractivity contribution in [3.63, 3.8) is 0 Å². The predicted octanol–water partition coefficient (Wildman–Crippen LogP) is 3.04. The summed E-state index contributed by atoms with van der Waals surface area (Å²) in [6.07, 6.45) is 13.3. The number of hydrogen-bond acceptors (Lipinski definition) is 5. The third kappa shape index (κ3) is 4.10. The molecule has 0 unspecified atom stereocenters. The maximum atomic E-state index is 12.5. The number of amides is 1. The molecule has 0 bridgehead atoms. The normalized spacial score (nSPS) is 28.3. The highest BCUT2D eigenvalue weighted by Gasteiger charge is 2.52. The second-order valence-corrected chi connectivity index (χ2v) is 11.6. The minimum absolute atomic E-state index is 0.0154. The summed E-state index contributed by atoms with van der Waals surface area (Å²) in [6, 6.07) is 5.99. The number of aromatic nitrogens is 2. The van der Waals surface area contributed by atoms with E-state index in [0.29, 0.717) is 23.3 Å². The second-order valence-electron chi connectivity index (χ2n) is 9.89. The smallest absolute Gasteiger partial charge is 0.251 e. The van der Waals surface area contributed by atoms with E-state index in [1.807, 2.05) is 24.5 Å². The van der Waals surface area contributed by atoms with Crippen LogP contribution in [-0.4, -0.2) is 36.6 Å². The van der Waals surface area contributed by atoms with Crippen molar-refractivity contribution in [1.82, 2.24) is 15.3 Å². The molecule has 0 spiro atoms. The minimum Gasteiger partial charge on any atom is -0.351 e. The molecule has 3 N–H and O–H groups in total. The number of hydrogen-bond donors (Lipinski definition) is 2. The van der Waals surface area contributed by atoms with Crippen LogP contribution in [0, 0.1) is 17.3 Å². The second kappa shape index (κ2) is 8.33. The lowest BCUT2D eigenvalue weighted by molar-refractivity contribution is 0.0884. The average molecular weight is 467 g/mol. The molecular weight excluding hydrogens is 436 g/mol. The van der Waals surface area contributed by atoms with Crippen molar-refractivity contribution in [2.45, 2.75) is 44.9 Å². The molecule has 1 aromatic carbocycles. The Morgan fingerprint density at radius 3 is 2.79 bits per heavy atom. The molecular formula is C25H30N4O3S. The van der Waals surface area contributed by atoms with E-state index >= 15 is 0 Å². The standard InChI is InChI=1S/C25H30N4O3S/c1-25-9-8-20-19-4-3-17(24(30)29-10-11-33(26,31)32)12-16(19)2-5-21(20)23(25)7-6-22(25)18-13-27-15-28-14-18/h3-4,6,12-15,20-21,23H,2,5,7-11H2,1H3,(H,29,30)(H2,26,31,32)/t20-,21-,23+,25-/m1/s1. The first-order valence-electron chi connectivity index (χ1n) is 11.6. The quantitative estimate of drug-likeness (QED) is 0.703. The Hall–Kier alpha value is -2.58. The number of nitrogens with one attached hydrogen (secondary N) is 1. The van der Waals surface area contributed by atoms with Gasteiger partial charge in [0, 0.05) is 30.1 Å². The molecule has 1 amide bonds. The van der Waals surface area contributed by atoms with E-state index in [1.165, 1.54) is 16.7 Å². The molecule has 174 valence electrons. The molecule has 33 heavy (non-hydrogen) atoms. The molecule has 5 rings (SSSR count). The number of benzene rings is 1. The largest absolute Gasteiger partial charge is 0.351 e. The number of allylic oxidation sites excluding steroid dienone is 2. The number of primary sulfonamides is 1. The zero-order valence-corrected chi connectivity index (χ0v) is 19.6. The fourth-order valence-corrected chi connectivity index (χ4v) is 6.97. The minimum atomic E-state index is -3.59. The average Bonchev–Trinajstić information content (AvgIpc) is 3.15. The summed E-state index contributed by atoms with van der Waals surface area (Å²) in [5.74, 6) is 1.24. The first-order valence-corrected chi connectivity index (χ1v) is 13.4. The summed E-state index contributed by atoms with van der Waals surface area (Å²) >= 11 is 0. The van der Waals surface area contributed by atoms with E-state index in [0.717, 1.165) is 37.7 Å². The number of aryl methyl sites for hydroxylation is 1. The number of carbonyl (C=O) groups excluding carboxylic acids is 1. The van der Waals surface area contributed by atoms with Gasteiger partial charge in [0.1, 0.15) is 6.33 Å². The molecule has 4 atom stereocenters. The van der Waals surface area contributed by atoms with Gasteiger partial charge in [-0.25, -0.2) is 23.5 Å². The number of carbonyl (C=O) groups is 1. The molecule has 2 aromatic rings.